The smallest absolute Gasteiger partial charge is 0.421 e. The van der Waals surface area contributed by atoms with E-state index >= 15 is 0 Å². The number of methoxy groups -OCH3 is 1. The van der Waals surface area contributed by atoms with Crippen LogP contribution in [-0.2, 0) is 19.1 Å². The molecular weight excluding hydrogens is 467 g/mol. The maximum Gasteiger partial charge on any atom is 0.421 e. The van der Waals surface area contributed by atoms with Crippen molar-refractivity contribution in [3.8, 4) is 5.88 Å². The van der Waals surface area contributed by atoms with Crippen LogP contribution in [0.4, 0.5) is 18.9 Å². The van der Waals surface area contributed by atoms with E-state index in [2.05, 4.69) is 29.9 Å². The Morgan fingerprint density at radius 3 is 2.57 bits per heavy atom. The molecule has 1 amide bonds. The fourth-order valence-corrected chi connectivity index (χ4v) is 4.03. The maximum absolute atomic E-state index is 13.1. The molecule has 3 aromatic rings. The lowest BCUT2D eigenvalue weighted by molar-refractivity contribution is -0.139. The molecule has 35 heavy (non-hydrogen) atoms. The summed E-state index contributed by atoms with van der Waals surface area (Å²) in [6, 6.07) is 0.987. The molecule has 0 atom stereocenters. The van der Waals surface area contributed by atoms with Crippen molar-refractivity contribution in [2.75, 3.05) is 31.6 Å². The van der Waals surface area contributed by atoms with Crippen molar-refractivity contribution in [2.24, 2.45) is 0 Å². The molecule has 0 radical (unpaired) electrons. The number of aromatic amines is 2. The van der Waals surface area contributed by atoms with Crippen molar-refractivity contribution in [2.45, 2.75) is 32.0 Å². The second-order valence-corrected chi connectivity index (χ2v) is 8.06. The van der Waals surface area contributed by atoms with E-state index in [-0.39, 0.29) is 23.7 Å². The molecule has 10 nitrogen and oxygen atoms in total. The zero-order chi connectivity index (χ0) is 25.0. The highest BCUT2D eigenvalue weighted by Crippen LogP contribution is 2.37. The molecule has 0 aliphatic carbocycles. The molecule has 0 saturated carbocycles. The summed E-state index contributed by atoms with van der Waals surface area (Å²) in [5, 5.41) is 6.38. The van der Waals surface area contributed by atoms with Crippen LogP contribution in [-0.4, -0.2) is 62.7 Å². The molecule has 1 fully saturated rings. The number of H-pyrrole nitrogens is 2. The number of ether oxygens (including phenoxy) is 1. The summed E-state index contributed by atoms with van der Waals surface area (Å²) >= 11 is 0. The summed E-state index contributed by atoms with van der Waals surface area (Å²) in [4.78, 5) is 37.2. The number of nitrogens with zero attached hydrogens (tertiary/aromatic N) is 5. The Morgan fingerprint density at radius 1 is 1.14 bits per heavy atom. The van der Waals surface area contributed by atoms with Crippen molar-refractivity contribution in [1.82, 2.24) is 30.0 Å². The van der Waals surface area contributed by atoms with Gasteiger partial charge in [0.2, 0.25) is 5.88 Å². The van der Waals surface area contributed by atoms with Gasteiger partial charge in [0.1, 0.15) is 5.56 Å². The molecule has 0 aromatic carbocycles. The molecule has 0 unspecified atom stereocenters. The molecule has 5 rings (SSSR count). The number of carbonyl (C=O) groups is 1. The normalized spacial score (nSPS) is 15.3. The summed E-state index contributed by atoms with van der Waals surface area (Å²) in [6.45, 7) is 2.42. The minimum Gasteiger partial charge on any atom is -0.481 e. The van der Waals surface area contributed by atoms with Gasteiger partial charge in [0.25, 0.3) is 11.5 Å². The van der Waals surface area contributed by atoms with Gasteiger partial charge >= 0.3 is 6.18 Å². The Morgan fingerprint density at radius 2 is 1.91 bits per heavy atom. The van der Waals surface area contributed by atoms with E-state index in [1.807, 2.05) is 4.90 Å². The first kappa shape index (κ1) is 24.2. The van der Waals surface area contributed by atoms with Crippen LogP contribution in [0.1, 0.15) is 40.0 Å². The van der Waals surface area contributed by atoms with E-state index in [1.54, 1.807) is 17.3 Å². The van der Waals surface area contributed by atoms with Crippen LogP contribution in [0, 0.1) is 0 Å². The van der Waals surface area contributed by atoms with Gasteiger partial charge in [0.05, 0.1) is 54.9 Å². The molecule has 0 bridgehead atoms. The third-order valence-electron chi connectivity index (χ3n) is 5.85. The first-order chi connectivity index (χ1) is 16.8. The van der Waals surface area contributed by atoms with E-state index in [1.165, 1.54) is 12.5 Å². The third kappa shape index (κ3) is 5.44. The minimum absolute atomic E-state index is 0.0984. The summed E-state index contributed by atoms with van der Waals surface area (Å²) in [7, 11) is 1.14. The van der Waals surface area contributed by atoms with Crippen LogP contribution in [0.15, 0.2) is 35.8 Å². The number of amides is 1. The van der Waals surface area contributed by atoms with Gasteiger partial charge in [-0.05, 0) is 18.9 Å². The van der Waals surface area contributed by atoms with Gasteiger partial charge < -0.3 is 19.5 Å². The molecule has 1 saturated heterocycles. The van der Waals surface area contributed by atoms with E-state index in [9.17, 15) is 22.8 Å². The van der Waals surface area contributed by atoms with Crippen molar-refractivity contribution >= 4 is 11.6 Å². The molecule has 2 N–H and O–H groups in total. The molecule has 5 heterocycles. The molecule has 2 aliphatic heterocycles. The molecule has 186 valence electrons. The largest absolute Gasteiger partial charge is 0.481 e. The monoisotopic (exact) mass is 491 g/mol. The lowest BCUT2D eigenvalue weighted by atomic mass is 10.1. The third-order valence-corrected chi connectivity index (χ3v) is 5.85. The molecule has 3 aromatic heterocycles. The van der Waals surface area contributed by atoms with Crippen LogP contribution >= 0.6 is 0 Å². The van der Waals surface area contributed by atoms with E-state index in [0.717, 1.165) is 39.1 Å². The summed E-state index contributed by atoms with van der Waals surface area (Å²) in [5.74, 6) is -0.376. The molecule has 2 aliphatic rings. The zero-order valence-corrected chi connectivity index (χ0v) is 18.9. The summed E-state index contributed by atoms with van der Waals surface area (Å²) in [5.41, 5.74) is 0.857. The summed E-state index contributed by atoms with van der Waals surface area (Å²) < 4.78 is 43.9. The fourth-order valence-electron chi connectivity index (χ4n) is 4.03. The predicted molar refractivity (Wildman–Crippen MR) is 119 cm³/mol. The quantitative estimate of drug-likeness (QED) is 0.577. The maximum atomic E-state index is 13.1. The second kappa shape index (κ2) is 10.2. The number of halogens is 3. The van der Waals surface area contributed by atoms with Crippen LogP contribution in [0.2, 0.25) is 0 Å². The second-order valence-electron chi connectivity index (χ2n) is 8.06. The number of rotatable bonds is 3. The Hall–Kier alpha value is -3.90. The Kier molecular flexibility index (Phi) is 7.03. The molecule has 13 heteroatoms. The highest BCUT2D eigenvalue weighted by molar-refractivity contribution is 5.93. The van der Waals surface area contributed by atoms with Gasteiger partial charge in [0, 0.05) is 32.3 Å². The van der Waals surface area contributed by atoms with E-state index < -0.39 is 17.6 Å². The molecular formula is C22H24F3N7O3. The number of hydrogen-bond acceptors (Lipinski definition) is 7. The van der Waals surface area contributed by atoms with Crippen molar-refractivity contribution < 1.29 is 22.7 Å². The topological polar surface area (TPSA) is 120 Å². The Balaban J connectivity index is 0.000000201. The van der Waals surface area contributed by atoms with Gasteiger partial charge in [-0.1, -0.05) is 0 Å². The Bertz CT molecular complexity index is 1220. The highest BCUT2D eigenvalue weighted by Gasteiger charge is 2.36. The highest BCUT2D eigenvalue weighted by atomic mass is 19.4. The number of alkyl halides is 3. The minimum atomic E-state index is -4.57. The first-order valence-corrected chi connectivity index (χ1v) is 11.0. The van der Waals surface area contributed by atoms with Crippen LogP contribution in [0.3, 0.4) is 0 Å². The van der Waals surface area contributed by atoms with Crippen LogP contribution in [0.5, 0.6) is 5.88 Å². The number of carbonyl (C=O) groups excluding carboxylic acids is 1. The van der Waals surface area contributed by atoms with Crippen LogP contribution in [0.25, 0.3) is 0 Å². The van der Waals surface area contributed by atoms with E-state index in [0.29, 0.717) is 29.8 Å². The van der Waals surface area contributed by atoms with Crippen LogP contribution < -0.4 is 15.2 Å². The molecule has 0 spiro atoms. The number of likely N-dealkylation sites (tertiary alicyclic amines) is 1. The number of pyridine rings is 1. The van der Waals surface area contributed by atoms with Crippen molar-refractivity contribution in [3.63, 3.8) is 0 Å². The van der Waals surface area contributed by atoms with Crippen molar-refractivity contribution in [1.29, 1.82) is 0 Å². The lowest BCUT2D eigenvalue weighted by Gasteiger charge is -2.29. The van der Waals surface area contributed by atoms with Gasteiger partial charge in [-0.3, -0.25) is 14.7 Å². The van der Waals surface area contributed by atoms with E-state index in [4.69, 9.17) is 0 Å². The number of aromatic nitrogens is 5. The number of anilines is 1. The number of fused-ring (bicyclic) bond motifs is 1. The van der Waals surface area contributed by atoms with Gasteiger partial charge in [-0.2, -0.15) is 18.3 Å². The average Bonchev–Trinajstić information content (AvgIpc) is 3.58. The van der Waals surface area contributed by atoms with Gasteiger partial charge in [-0.15, -0.1) is 0 Å². The Labute approximate surface area is 198 Å². The number of hydrogen-bond donors (Lipinski definition) is 2. The SMILES string of the molecule is COc1ncc(N2CCc3nc[nH]c(=O)c3C2)cc1C(F)(F)F.O=C(c1cn[nH]c1)N1CCCC1. The lowest BCUT2D eigenvalue weighted by Crippen LogP contribution is -2.35. The zero-order valence-electron chi connectivity index (χ0n) is 18.9. The van der Waals surface area contributed by atoms with Crippen molar-refractivity contribution in [3.05, 3.63) is 63.7 Å². The summed E-state index contributed by atoms with van der Waals surface area (Å²) in [6.07, 6.45) is 4.01. The van der Waals surface area contributed by atoms with Gasteiger partial charge in [0.15, 0.2) is 0 Å². The number of nitrogens with one attached hydrogen (secondary N) is 2. The fraction of sp³-hybridized carbons (Fsp3) is 0.409. The predicted octanol–water partition coefficient (Wildman–Crippen LogP) is 2.40. The average molecular weight is 491 g/mol. The first-order valence-electron chi connectivity index (χ1n) is 11.0. The van der Waals surface area contributed by atoms with Gasteiger partial charge in [-0.25, -0.2) is 9.97 Å². The standard InChI is InChI=1S/C14H13F3N4O2.C8H11N3O/c1-23-13-10(14(15,16)17)4-8(5-18-13)21-3-2-11-9(6-21)12(22)20-7-19-11;12-8(7-5-9-10-6-7)11-3-1-2-4-11/h4-5,7H,2-3,6H2,1H3,(H,19,20,22);5-6H,1-4H2,(H,9,10).